The maximum atomic E-state index is 12.3. The molecule has 2 heterocycles. The first-order valence-corrected chi connectivity index (χ1v) is 11.3. The van der Waals surface area contributed by atoms with Gasteiger partial charge < -0.3 is 23.8 Å². The monoisotopic (exact) mass is 455 g/mol. The van der Waals surface area contributed by atoms with Crippen LogP contribution in [-0.4, -0.2) is 67.2 Å². The van der Waals surface area contributed by atoms with E-state index in [4.69, 9.17) is 18.9 Å². The van der Waals surface area contributed by atoms with Crippen LogP contribution >= 0.6 is 8.46 Å². The molecule has 9 heteroatoms. The molecule has 1 saturated heterocycles. The lowest BCUT2D eigenvalue weighted by atomic mass is 9.92. The van der Waals surface area contributed by atoms with E-state index in [2.05, 4.69) is 0 Å². The molecule has 0 N–H and O–H groups in total. The molecule has 0 aromatic rings. The zero-order chi connectivity index (χ0) is 23.5. The fourth-order valence-corrected chi connectivity index (χ4v) is 4.84. The van der Waals surface area contributed by atoms with Gasteiger partial charge in [0.15, 0.2) is 14.8 Å². The second-order valence-corrected chi connectivity index (χ2v) is 9.76. The van der Waals surface area contributed by atoms with Gasteiger partial charge in [0.05, 0.1) is 17.8 Å². The molecule has 0 spiro atoms. The van der Waals surface area contributed by atoms with Crippen LogP contribution in [0.1, 0.15) is 48.0 Å². The van der Waals surface area contributed by atoms with Gasteiger partial charge in [0, 0.05) is 25.8 Å². The number of allylic oxidation sites excluding steroid dienone is 1. The third kappa shape index (κ3) is 6.01. The van der Waals surface area contributed by atoms with Crippen molar-refractivity contribution in [2.75, 3.05) is 14.1 Å². The first-order valence-electron chi connectivity index (χ1n) is 10.5. The van der Waals surface area contributed by atoms with E-state index in [0.717, 1.165) is 6.42 Å². The van der Waals surface area contributed by atoms with Crippen molar-refractivity contribution in [3.63, 3.8) is 0 Å². The van der Waals surface area contributed by atoms with E-state index in [1.165, 1.54) is 6.08 Å². The zero-order valence-electron chi connectivity index (χ0n) is 19.6. The summed E-state index contributed by atoms with van der Waals surface area (Å²) < 4.78 is 35.7. The van der Waals surface area contributed by atoms with E-state index in [-0.39, 0.29) is 20.6 Å². The maximum absolute atomic E-state index is 12.3. The SMILES string of the molecule is CC1=C([C@H](C)[C@@H](O[C@@H]2OC(C)CC(N(C)C)C2P=O)/C(C)=C/C=O)OC(C)(C)OC1=O. The first-order chi connectivity index (χ1) is 14.4. The van der Waals surface area contributed by atoms with Crippen molar-refractivity contribution in [3.05, 3.63) is 23.0 Å². The molecule has 2 rings (SSSR count). The molecule has 0 amide bonds. The van der Waals surface area contributed by atoms with Crippen LogP contribution in [0, 0.1) is 5.92 Å². The molecule has 6 atom stereocenters. The number of nitrogens with zero attached hydrogens (tertiary/aromatic N) is 1. The van der Waals surface area contributed by atoms with Gasteiger partial charge in [0.1, 0.15) is 17.7 Å². The molecule has 0 radical (unpaired) electrons. The normalized spacial score (nSPS) is 31.3. The fraction of sp³-hybridized carbons (Fsp3) is 0.727. The van der Waals surface area contributed by atoms with Crippen molar-refractivity contribution in [3.8, 4) is 0 Å². The van der Waals surface area contributed by atoms with Crippen molar-refractivity contribution in [1.82, 2.24) is 4.90 Å². The average molecular weight is 455 g/mol. The number of cyclic esters (lactones) is 1. The largest absolute Gasteiger partial charge is 0.456 e. The molecule has 0 bridgehead atoms. The Kier molecular flexibility index (Phi) is 8.56. The number of carbonyl (C=O) groups excluding carboxylic acids is 2. The van der Waals surface area contributed by atoms with E-state index in [9.17, 15) is 14.2 Å². The minimum absolute atomic E-state index is 0.0000211. The Balaban J connectivity index is 2.41. The summed E-state index contributed by atoms with van der Waals surface area (Å²) in [5.74, 6) is -1.56. The molecule has 8 nitrogen and oxygen atoms in total. The number of hydrogen-bond acceptors (Lipinski definition) is 8. The summed E-state index contributed by atoms with van der Waals surface area (Å²) in [6.07, 6.45) is 1.34. The van der Waals surface area contributed by atoms with Crippen LogP contribution in [0.3, 0.4) is 0 Å². The van der Waals surface area contributed by atoms with Crippen LogP contribution in [0.4, 0.5) is 0 Å². The van der Waals surface area contributed by atoms with Crippen LogP contribution in [0.15, 0.2) is 23.0 Å². The van der Waals surface area contributed by atoms with Crippen LogP contribution < -0.4 is 0 Å². The minimum Gasteiger partial charge on any atom is -0.456 e. The Morgan fingerprint density at radius 3 is 2.52 bits per heavy atom. The summed E-state index contributed by atoms with van der Waals surface area (Å²) in [5.41, 5.74) is 0.586. The predicted octanol–water partition coefficient (Wildman–Crippen LogP) is 3.46. The maximum Gasteiger partial charge on any atom is 0.340 e. The van der Waals surface area contributed by atoms with E-state index in [1.807, 2.05) is 32.8 Å². The summed E-state index contributed by atoms with van der Waals surface area (Å²) in [5, 5.41) is 0. The molecule has 0 aromatic heterocycles. The fourth-order valence-electron chi connectivity index (χ4n) is 4.08. The third-order valence-corrected chi connectivity index (χ3v) is 6.53. The van der Waals surface area contributed by atoms with Crippen LogP contribution in [-0.2, 0) is 33.1 Å². The lowest BCUT2D eigenvalue weighted by Gasteiger charge is -2.43. The molecule has 3 unspecified atom stereocenters. The Morgan fingerprint density at radius 1 is 1.32 bits per heavy atom. The Bertz CT molecular complexity index is 761. The summed E-state index contributed by atoms with van der Waals surface area (Å²) in [4.78, 5) is 25.6. The molecular weight excluding hydrogens is 421 g/mol. The highest BCUT2D eigenvalue weighted by atomic mass is 31.1. The number of aldehydes is 1. The lowest BCUT2D eigenvalue weighted by molar-refractivity contribution is -0.229. The van der Waals surface area contributed by atoms with Gasteiger partial charge in [-0.2, -0.15) is 0 Å². The molecule has 1 fully saturated rings. The van der Waals surface area contributed by atoms with E-state index in [0.29, 0.717) is 23.2 Å². The van der Waals surface area contributed by atoms with Gasteiger partial charge in [0.2, 0.25) is 5.79 Å². The molecule has 2 aliphatic rings. The first kappa shape index (κ1) is 25.7. The minimum atomic E-state index is -1.12. The number of esters is 1. The Morgan fingerprint density at radius 2 is 1.97 bits per heavy atom. The molecule has 174 valence electrons. The zero-order valence-corrected chi connectivity index (χ0v) is 20.5. The van der Waals surface area contributed by atoms with Gasteiger partial charge in [-0.25, -0.2) is 4.79 Å². The standard InChI is InChI=1S/C22H34NO7P/c1-12(9-10-24)17(14(3)18-15(4)20(25)30-22(5,6)29-18)28-21-19(31-26)16(23(7)8)11-13(2)27-21/h9-10,13-14,16-17,19,21H,11H2,1-8H3/b12-9+/t13?,14-,16?,17+,19?,21+/m1/s1. The van der Waals surface area contributed by atoms with Gasteiger partial charge in [-0.1, -0.05) is 6.92 Å². The van der Waals surface area contributed by atoms with Crippen molar-refractivity contribution in [2.24, 2.45) is 5.92 Å². The highest BCUT2D eigenvalue weighted by molar-refractivity contribution is 7.24. The van der Waals surface area contributed by atoms with Gasteiger partial charge in [-0.15, -0.1) is 0 Å². The Hall–Kier alpha value is -1.60. The van der Waals surface area contributed by atoms with Crippen LogP contribution in [0.2, 0.25) is 0 Å². The second-order valence-electron chi connectivity index (χ2n) is 8.95. The van der Waals surface area contributed by atoms with Gasteiger partial charge in [-0.3, -0.25) is 9.36 Å². The summed E-state index contributed by atoms with van der Waals surface area (Å²) >= 11 is 0. The van der Waals surface area contributed by atoms with Gasteiger partial charge >= 0.3 is 5.97 Å². The van der Waals surface area contributed by atoms with E-state index < -0.39 is 35.7 Å². The Labute approximate surface area is 186 Å². The number of carbonyl (C=O) groups is 2. The van der Waals surface area contributed by atoms with Gasteiger partial charge in [-0.05, 0) is 52.9 Å². The highest BCUT2D eigenvalue weighted by Crippen LogP contribution is 2.38. The van der Waals surface area contributed by atoms with Crippen LogP contribution in [0.25, 0.3) is 0 Å². The van der Waals surface area contributed by atoms with Gasteiger partial charge in [0.25, 0.3) is 0 Å². The molecule has 2 aliphatic heterocycles. The van der Waals surface area contributed by atoms with E-state index >= 15 is 0 Å². The smallest absolute Gasteiger partial charge is 0.340 e. The lowest BCUT2D eigenvalue weighted by Crippen LogP contribution is -2.53. The number of ether oxygens (including phenoxy) is 4. The quantitative estimate of drug-likeness (QED) is 0.238. The molecular formula is C22H34NO7P. The molecule has 0 aliphatic carbocycles. The third-order valence-electron chi connectivity index (χ3n) is 5.70. The summed E-state index contributed by atoms with van der Waals surface area (Å²) in [6.45, 7) is 10.5. The molecule has 31 heavy (non-hydrogen) atoms. The number of hydrogen-bond donors (Lipinski definition) is 0. The van der Waals surface area contributed by atoms with Crippen LogP contribution in [0.5, 0.6) is 0 Å². The predicted molar refractivity (Wildman–Crippen MR) is 116 cm³/mol. The second kappa shape index (κ2) is 10.3. The average Bonchev–Trinajstić information content (AvgIpc) is 2.67. The summed E-state index contributed by atoms with van der Waals surface area (Å²) in [7, 11) is 3.79. The molecule has 0 aromatic carbocycles. The van der Waals surface area contributed by atoms with Crippen molar-refractivity contribution >= 4 is 20.7 Å². The van der Waals surface area contributed by atoms with Crippen molar-refractivity contribution in [2.45, 2.75) is 83.9 Å². The van der Waals surface area contributed by atoms with Crippen molar-refractivity contribution < 1.29 is 33.1 Å². The van der Waals surface area contributed by atoms with E-state index in [1.54, 1.807) is 27.7 Å². The number of rotatable bonds is 8. The summed E-state index contributed by atoms with van der Waals surface area (Å²) in [6, 6.07) is 0.0000211. The topological polar surface area (TPSA) is 91.4 Å². The highest BCUT2D eigenvalue weighted by Gasteiger charge is 2.44. The molecule has 0 saturated carbocycles. The van der Waals surface area contributed by atoms with Crippen molar-refractivity contribution in [1.29, 1.82) is 0 Å².